The van der Waals surface area contributed by atoms with Crippen LogP contribution < -0.4 is 0 Å². The van der Waals surface area contributed by atoms with Crippen LogP contribution in [0.3, 0.4) is 0 Å². The number of alkyl halides is 3. The van der Waals surface area contributed by atoms with Gasteiger partial charge in [0, 0.05) is 23.9 Å². The van der Waals surface area contributed by atoms with Gasteiger partial charge in [-0.1, -0.05) is 23.4 Å². The summed E-state index contributed by atoms with van der Waals surface area (Å²) in [6.07, 6.45) is -3.08. The van der Waals surface area contributed by atoms with Crippen LogP contribution in [0.5, 0.6) is 0 Å². The lowest BCUT2D eigenvalue weighted by atomic mass is 10.1. The Morgan fingerprint density at radius 3 is 2.73 bits per heavy atom. The number of thioether (sulfide) groups is 1. The van der Waals surface area contributed by atoms with Gasteiger partial charge in [0.1, 0.15) is 5.82 Å². The van der Waals surface area contributed by atoms with E-state index in [1.165, 1.54) is 53.1 Å². The summed E-state index contributed by atoms with van der Waals surface area (Å²) in [6.45, 7) is 0.319. The lowest BCUT2D eigenvalue weighted by Gasteiger charge is -2.17. The minimum absolute atomic E-state index is 0.0544. The van der Waals surface area contributed by atoms with E-state index in [0.717, 1.165) is 12.1 Å². The van der Waals surface area contributed by atoms with Crippen LogP contribution in [0.25, 0.3) is 17.5 Å². The van der Waals surface area contributed by atoms with Crippen LogP contribution in [0.15, 0.2) is 58.1 Å². The summed E-state index contributed by atoms with van der Waals surface area (Å²) in [5.41, 5.74) is -0.796. The summed E-state index contributed by atoms with van der Waals surface area (Å²) >= 11 is 1.33. The van der Waals surface area contributed by atoms with Gasteiger partial charge in [0.15, 0.2) is 0 Å². The van der Waals surface area contributed by atoms with Crippen LogP contribution in [0.4, 0.5) is 17.6 Å². The molecule has 1 saturated heterocycles. The largest absolute Gasteiger partial charge is 0.416 e. The highest BCUT2D eigenvalue weighted by Gasteiger charge is 2.32. The monoisotopic (exact) mass is 435 g/mol. The minimum atomic E-state index is -4.54. The number of nitrogens with zero attached hydrogens (tertiary/aromatic N) is 3. The van der Waals surface area contributed by atoms with Crippen molar-refractivity contribution in [3.8, 4) is 11.4 Å². The molecule has 0 unspecified atom stereocenters. The van der Waals surface area contributed by atoms with Gasteiger partial charge in [-0.2, -0.15) is 18.2 Å². The number of carbonyl (C=O) groups excluding carboxylic acids is 1. The lowest BCUT2D eigenvalue weighted by molar-refractivity contribution is -0.137. The van der Waals surface area contributed by atoms with Gasteiger partial charge in [-0.05, 0) is 30.3 Å². The topological polar surface area (TPSA) is 59.2 Å². The molecule has 0 spiro atoms. The highest BCUT2D eigenvalue weighted by molar-refractivity contribution is 8.03. The van der Waals surface area contributed by atoms with Crippen molar-refractivity contribution in [1.29, 1.82) is 0 Å². The van der Waals surface area contributed by atoms with Gasteiger partial charge >= 0.3 is 6.18 Å². The van der Waals surface area contributed by atoms with Crippen LogP contribution >= 0.6 is 11.8 Å². The first-order chi connectivity index (χ1) is 14.3. The molecule has 5 nitrogen and oxygen atoms in total. The molecule has 0 saturated carbocycles. The fourth-order valence-electron chi connectivity index (χ4n) is 2.89. The third-order valence-corrected chi connectivity index (χ3v) is 5.34. The van der Waals surface area contributed by atoms with Gasteiger partial charge in [-0.15, -0.1) is 11.8 Å². The lowest BCUT2D eigenvalue weighted by Crippen LogP contribution is -2.27. The molecule has 2 heterocycles. The predicted molar refractivity (Wildman–Crippen MR) is 103 cm³/mol. The Balaban J connectivity index is 1.59. The van der Waals surface area contributed by atoms with E-state index < -0.39 is 23.5 Å². The molecule has 0 bridgehead atoms. The summed E-state index contributed by atoms with van der Waals surface area (Å²) in [7, 11) is 0. The number of hydrogen-bond acceptors (Lipinski definition) is 5. The average molecular weight is 435 g/mol. The van der Waals surface area contributed by atoms with Crippen molar-refractivity contribution in [1.82, 2.24) is 15.0 Å². The zero-order valence-electron chi connectivity index (χ0n) is 15.2. The van der Waals surface area contributed by atoms with E-state index in [4.69, 9.17) is 4.52 Å². The first-order valence-corrected chi connectivity index (χ1v) is 9.74. The highest BCUT2D eigenvalue weighted by Crippen LogP contribution is 2.33. The van der Waals surface area contributed by atoms with E-state index in [1.807, 2.05) is 0 Å². The van der Waals surface area contributed by atoms with E-state index >= 15 is 0 Å². The quantitative estimate of drug-likeness (QED) is 0.537. The van der Waals surface area contributed by atoms with Gasteiger partial charge in [0.2, 0.25) is 5.82 Å². The molecule has 3 aromatic rings. The Hall–Kier alpha value is -3.14. The Bertz CT molecular complexity index is 1130. The van der Waals surface area contributed by atoms with E-state index in [9.17, 15) is 22.4 Å². The van der Waals surface area contributed by atoms with E-state index in [-0.39, 0.29) is 22.8 Å². The maximum absolute atomic E-state index is 13.9. The van der Waals surface area contributed by atoms with Gasteiger partial charge < -0.3 is 9.42 Å². The van der Waals surface area contributed by atoms with Crippen molar-refractivity contribution in [3.05, 3.63) is 76.4 Å². The second-order valence-electron chi connectivity index (χ2n) is 6.30. The molecule has 1 aliphatic heterocycles. The summed E-state index contributed by atoms with van der Waals surface area (Å²) < 4.78 is 57.9. The number of amides is 1. The fourth-order valence-corrected chi connectivity index (χ4v) is 3.88. The molecule has 1 amide bonds. The maximum atomic E-state index is 13.9. The molecular formula is C20H13F4N3O2S. The summed E-state index contributed by atoms with van der Waals surface area (Å²) in [4.78, 5) is 18.3. The second kappa shape index (κ2) is 7.94. The molecule has 1 aromatic heterocycles. The van der Waals surface area contributed by atoms with Crippen LogP contribution in [0.1, 0.15) is 21.8 Å². The number of carbonyl (C=O) groups is 1. The molecule has 4 rings (SSSR count). The standard InChI is InChI=1S/C20H13F4N3O2S/c21-15-7-2-1-6-14(15)18-25-16(29-26-18)11-17-27(8-9-30-17)19(28)12-4-3-5-13(10-12)20(22,23)24/h1-7,10-11H,8-9H2/b17-11+. The third-order valence-electron chi connectivity index (χ3n) is 4.32. The van der Waals surface area contributed by atoms with Crippen LogP contribution in [0.2, 0.25) is 0 Å². The number of hydrogen-bond donors (Lipinski definition) is 0. The third kappa shape index (κ3) is 4.09. The van der Waals surface area contributed by atoms with Crippen molar-refractivity contribution in [3.63, 3.8) is 0 Å². The van der Waals surface area contributed by atoms with Crippen LogP contribution in [-0.2, 0) is 6.18 Å². The minimum Gasteiger partial charge on any atom is -0.334 e. The van der Waals surface area contributed by atoms with Gasteiger partial charge in [0.05, 0.1) is 16.2 Å². The zero-order valence-corrected chi connectivity index (χ0v) is 16.0. The van der Waals surface area contributed by atoms with E-state index in [1.54, 1.807) is 6.07 Å². The second-order valence-corrected chi connectivity index (χ2v) is 7.42. The summed E-state index contributed by atoms with van der Waals surface area (Å²) in [5, 5.41) is 4.21. The number of halogens is 4. The predicted octanol–water partition coefficient (Wildman–Crippen LogP) is 5.08. The van der Waals surface area contributed by atoms with Gasteiger partial charge in [0.25, 0.3) is 11.8 Å². The van der Waals surface area contributed by atoms with Gasteiger partial charge in [-0.3, -0.25) is 4.79 Å². The summed E-state index contributed by atoms with van der Waals surface area (Å²) in [6, 6.07) is 10.2. The van der Waals surface area contributed by atoms with Crippen molar-refractivity contribution in [2.45, 2.75) is 6.18 Å². The molecule has 2 aromatic carbocycles. The normalized spacial score (nSPS) is 15.7. The first-order valence-electron chi connectivity index (χ1n) is 8.75. The number of aromatic nitrogens is 2. The average Bonchev–Trinajstić information content (AvgIpc) is 3.37. The van der Waals surface area contributed by atoms with Crippen molar-refractivity contribution in [2.24, 2.45) is 0 Å². The van der Waals surface area contributed by atoms with Crippen LogP contribution in [0, 0.1) is 5.82 Å². The number of rotatable bonds is 3. The zero-order chi connectivity index (χ0) is 21.3. The van der Waals surface area contributed by atoms with E-state index in [0.29, 0.717) is 17.3 Å². The molecular weight excluding hydrogens is 422 g/mol. The summed E-state index contributed by atoms with van der Waals surface area (Å²) in [5.74, 6) is -0.399. The molecule has 0 N–H and O–H groups in total. The Labute approximate surface area is 172 Å². The molecule has 1 fully saturated rings. The molecule has 0 atom stereocenters. The fraction of sp³-hybridized carbons (Fsp3) is 0.150. The van der Waals surface area contributed by atoms with Gasteiger partial charge in [-0.25, -0.2) is 4.39 Å². The molecule has 154 valence electrons. The molecule has 1 aliphatic rings. The van der Waals surface area contributed by atoms with Crippen molar-refractivity contribution in [2.75, 3.05) is 12.3 Å². The van der Waals surface area contributed by atoms with E-state index in [2.05, 4.69) is 10.1 Å². The van der Waals surface area contributed by atoms with Crippen molar-refractivity contribution >= 4 is 23.7 Å². The highest BCUT2D eigenvalue weighted by atomic mass is 32.2. The smallest absolute Gasteiger partial charge is 0.334 e. The number of benzene rings is 2. The Kier molecular flexibility index (Phi) is 5.33. The molecule has 0 aliphatic carbocycles. The molecule has 10 heteroatoms. The maximum Gasteiger partial charge on any atom is 0.416 e. The van der Waals surface area contributed by atoms with Crippen LogP contribution in [-0.4, -0.2) is 33.2 Å². The first kappa shape index (κ1) is 20.1. The SMILES string of the molecule is O=C(c1cccc(C(F)(F)F)c1)N1CCS/C1=C/c1nc(-c2ccccc2F)no1. The Morgan fingerprint density at radius 1 is 1.17 bits per heavy atom. The Morgan fingerprint density at radius 2 is 1.97 bits per heavy atom. The molecule has 0 radical (unpaired) electrons. The van der Waals surface area contributed by atoms with Crippen molar-refractivity contribution < 1.29 is 26.9 Å². The molecule has 30 heavy (non-hydrogen) atoms.